The predicted molar refractivity (Wildman–Crippen MR) is 101 cm³/mol. The molecule has 0 atom stereocenters. The molecule has 1 saturated heterocycles. The van der Waals surface area contributed by atoms with Gasteiger partial charge in [0.05, 0.1) is 6.54 Å². The minimum atomic E-state index is 0.274. The third kappa shape index (κ3) is 6.18. The summed E-state index contributed by atoms with van der Waals surface area (Å²) in [5, 5.41) is 7.11. The van der Waals surface area contributed by atoms with Crippen LogP contribution in [0.3, 0.4) is 0 Å². The van der Waals surface area contributed by atoms with Crippen LogP contribution in [0.2, 0.25) is 0 Å². The van der Waals surface area contributed by atoms with Crippen LogP contribution in [0.1, 0.15) is 59.3 Å². The zero-order valence-corrected chi connectivity index (χ0v) is 16.0. The van der Waals surface area contributed by atoms with Gasteiger partial charge in [-0.1, -0.05) is 13.8 Å². The van der Waals surface area contributed by atoms with Crippen molar-refractivity contribution in [1.29, 1.82) is 0 Å². The molecule has 1 aliphatic heterocycles. The number of rotatable bonds is 6. The van der Waals surface area contributed by atoms with Gasteiger partial charge >= 0.3 is 0 Å². The van der Waals surface area contributed by atoms with Gasteiger partial charge in [-0.15, -0.1) is 0 Å². The molecule has 134 valence electrons. The van der Waals surface area contributed by atoms with E-state index in [-0.39, 0.29) is 4.75 Å². The van der Waals surface area contributed by atoms with Crippen LogP contribution in [0, 0.1) is 5.92 Å². The highest BCUT2D eigenvalue weighted by Gasteiger charge is 2.32. The van der Waals surface area contributed by atoms with Crippen molar-refractivity contribution in [3.63, 3.8) is 0 Å². The van der Waals surface area contributed by atoms with Gasteiger partial charge in [0.25, 0.3) is 0 Å². The second-order valence-electron chi connectivity index (χ2n) is 7.02. The third-order valence-corrected chi connectivity index (χ3v) is 6.52. The lowest BCUT2D eigenvalue weighted by Crippen LogP contribution is -2.46. The number of hydrogen-bond donors (Lipinski definition) is 2. The van der Waals surface area contributed by atoms with Crippen molar-refractivity contribution in [2.24, 2.45) is 10.9 Å². The van der Waals surface area contributed by atoms with Gasteiger partial charge in [0.1, 0.15) is 0 Å². The van der Waals surface area contributed by atoms with Crippen molar-refractivity contribution in [1.82, 2.24) is 10.6 Å². The van der Waals surface area contributed by atoms with Gasteiger partial charge < -0.3 is 15.4 Å². The summed E-state index contributed by atoms with van der Waals surface area (Å²) in [5.74, 6) is 3.05. The van der Waals surface area contributed by atoms with Gasteiger partial charge in [-0.2, -0.15) is 11.8 Å². The maximum absolute atomic E-state index is 5.56. The summed E-state index contributed by atoms with van der Waals surface area (Å²) in [6, 6.07) is 0.591. The number of nitrogens with zero attached hydrogens (tertiary/aromatic N) is 1. The van der Waals surface area contributed by atoms with Gasteiger partial charge in [0, 0.05) is 30.5 Å². The first-order valence-electron chi connectivity index (χ1n) is 9.44. The van der Waals surface area contributed by atoms with Crippen molar-refractivity contribution < 1.29 is 4.74 Å². The van der Waals surface area contributed by atoms with Gasteiger partial charge in [-0.3, -0.25) is 4.99 Å². The van der Waals surface area contributed by atoms with E-state index in [0.717, 1.165) is 56.8 Å². The molecule has 2 aliphatic rings. The Morgan fingerprint density at radius 1 is 1.17 bits per heavy atom. The molecule has 1 aliphatic carbocycles. The fourth-order valence-corrected chi connectivity index (χ4v) is 4.76. The smallest absolute Gasteiger partial charge is 0.191 e. The first-order valence-corrected chi connectivity index (χ1v) is 10.4. The molecule has 0 spiro atoms. The Bertz CT molecular complexity index is 356. The molecule has 2 N–H and O–H groups in total. The lowest BCUT2D eigenvalue weighted by atomic mass is 9.87. The quantitative estimate of drug-likeness (QED) is 0.574. The van der Waals surface area contributed by atoms with E-state index in [1.54, 1.807) is 0 Å². The normalized spacial score (nSPS) is 28.4. The molecule has 4 nitrogen and oxygen atoms in total. The molecule has 5 heteroatoms. The Kier molecular flexibility index (Phi) is 8.04. The topological polar surface area (TPSA) is 45.7 Å². The largest absolute Gasteiger partial charge is 0.381 e. The van der Waals surface area contributed by atoms with Gasteiger partial charge in [0.15, 0.2) is 5.96 Å². The average Bonchev–Trinajstić information content (AvgIpc) is 2.56. The van der Waals surface area contributed by atoms with Crippen LogP contribution in [0.25, 0.3) is 0 Å². The monoisotopic (exact) mass is 341 g/mol. The van der Waals surface area contributed by atoms with Gasteiger partial charge in [-0.05, 0) is 57.1 Å². The molecule has 1 saturated carbocycles. The number of hydrogen-bond acceptors (Lipinski definition) is 3. The predicted octanol–water partition coefficient (Wildman–Crippen LogP) is 3.42. The SMILES string of the molecule is CCNC(=NCC1(SCC)CCOCC1)NC1CCC(C)CC1. The summed E-state index contributed by atoms with van der Waals surface area (Å²) in [6.07, 6.45) is 7.46. The maximum atomic E-state index is 5.56. The lowest BCUT2D eigenvalue weighted by molar-refractivity contribution is 0.0793. The highest BCUT2D eigenvalue weighted by Crippen LogP contribution is 2.35. The van der Waals surface area contributed by atoms with Gasteiger partial charge in [0.2, 0.25) is 0 Å². The van der Waals surface area contributed by atoms with E-state index in [2.05, 4.69) is 43.2 Å². The summed E-state index contributed by atoms with van der Waals surface area (Å²) in [7, 11) is 0. The zero-order chi connectivity index (χ0) is 16.5. The van der Waals surface area contributed by atoms with Crippen LogP contribution in [-0.4, -0.2) is 48.8 Å². The molecule has 0 radical (unpaired) electrons. The maximum Gasteiger partial charge on any atom is 0.191 e. The standard InChI is InChI=1S/C18H35N3OS/c1-4-19-17(21-16-8-6-15(3)7-9-16)20-14-18(23-5-2)10-12-22-13-11-18/h15-16H,4-14H2,1-3H3,(H2,19,20,21). The molecular formula is C18H35N3OS. The molecule has 0 amide bonds. The average molecular weight is 342 g/mol. The number of ether oxygens (including phenoxy) is 1. The molecule has 0 aromatic carbocycles. The summed E-state index contributed by atoms with van der Waals surface area (Å²) in [6.45, 7) is 10.3. The number of aliphatic imine (C=N–C) groups is 1. The second-order valence-corrected chi connectivity index (χ2v) is 8.76. The van der Waals surface area contributed by atoms with Crippen LogP contribution >= 0.6 is 11.8 Å². The van der Waals surface area contributed by atoms with E-state index in [0.29, 0.717) is 6.04 Å². The van der Waals surface area contributed by atoms with Crippen molar-refractivity contribution in [2.45, 2.75) is 70.1 Å². The van der Waals surface area contributed by atoms with Crippen LogP contribution < -0.4 is 10.6 Å². The zero-order valence-electron chi connectivity index (χ0n) is 15.2. The van der Waals surface area contributed by atoms with Crippen molar-refractivity contribution in [2.75, 3.05) is 32.1 Å². The molecule has 2 fully saturated rings. The Morgan fingerprint density at radius 2 is 1.87 bits per heavy atom. The number of guanidine groups is 1. The Balaban J connectivity index is 1.93. The molecule has 23 heavy (non-hydrogen) atoms. The van der Waals surface area contributed by atoms with E-state index in [1.165, 1.54) is 25.7 Å². The molecule has 0 unspecified atom stereocenters. The molecule has 2 rings (SSSR count). The summed E-state index contributed by atoms with van der Waals surface area (Å²) < 4.78 is 5.84. The summed E-state index contributed by atoms with van der Waals surface area (Å²) in [5.41, 5.74) is 0. The number of thioether (sulfide) groups is 1. The fraction of sp³-hybridized carbons (Fsp3) is 0.944. The van der Waals surface area contributed by atoms with Crippen LogP contribution in [0.4, 0.5) is 0 Å². The highest BCUT2D eigenvalue weighted by atomic mass is 32.2. The molecule has 0 aromatic heterocycles. The van der Waals surface area contributed by atoms with Crippen LogP contribution in [0.5, 0.6) is 0 Å². The summed E-state index contributed by atoms with van der Waals surface area (Å²) >= 11 is 2.06. The minimum absolute atomic E-state index is 0.274. The van der Waals surface area contributed by atoms with Crippen LogP contribution in [0.15, 0.2) is 4.99 Å². The lowest BCUT2D eigenvalue weighted by Gasteiger charge is -2.35. The molecular weight excluding hydrogens is 306 g/mol. The Labute approximate surface area is 146 Å². The molecule has 0 aromatic rings. The Morgan fingerprint density at radius 3 is 2.48 bits per heavy atom. The first kappa shape index (κ1) is 18.9. The Hall–Kier alpha value is -0.420. The van der Waals surface area contributed by atoms with E-state index in [1.807, 2.05) is 0 Å². The van der Waals surface area contributed by atoms with E-state index >= 15 is 0 Å². The fourth-order valence-electron chi connectivity index (χ4n) is 3.54. The summed E-state index contributed by atoms with van der Waals surface area (Å²) in [4.78, 5) is 4.96. The van der Waals surface area contributed by atoms with Crippen molar-refractivity contribution in [3.05, 3.63) is 0 Å². The highest BCUT2D eigenvalue weighted by molar-refractivity contribution is 8.00. The van der Waals surface area contributed by atoms with Crippen LogP contribution in [-0.2, 0) is 4.74 Å². The van der Waals surface area contributed by atoms with Crippen molar-refractivity contribution >= 4 is 17.7 Å². The van der Waals surface area contributed by atoms with E-state index in [4.69, 9.17) is 9.73 Å². The van der Waals surface area contributed by atoms with Gasteiger partial charge in [-0.25, -0.2) is 0 Å². The molecule has 0 bridgehead atoms. The molecule has 1 heterocycles. The van der Waals surface area contributed by atoms with E-state index < -0.39 is 0 Å². The first-order chi connectivity index (χ1) is 11.2. The minimum Gasteiger partial charge on any atom is -0.381 e. The second kappa shape index (κ2) is 9.77. The third-order valence-electron chi connectivity index (χ3n) is 5.08. The number of nitrogens with one attached hydrogen (secondary N) is 2. The van der Waals surface area contributed by atoms with Crippen molar-refractivity contribution in [3.8, 4) is 0 Å². The van der Waals surface area contributed by atoms with E-state index in [9.17, 15) is 0 Å².